The number of hydrogen-bond acceptors (Lipinski definition) is 9. The van der Waals surface area contributed by atoms with Crippen LogP contribution in [0.4, 0.5) is 15.3 Å². The topological polar surface area (TPSA) is 115 Å². The highest BCUT2D eigenvalue weighted by Gasteiger charge is 2.15. The fourth-order valence-electron chi connectivity index (χ4n) is 3.67. The molecule has 2 aromatic carbocycles. The third-order valence-corrected chi connectivity index (χ3v) is 6.35. The van der Waals surface area contributed by atoms with E-state index in [1.165, 1.54) is 17.4 Å². The Bertz CT molecular complexity index is 1550. The van der Waals surface area contributed by atoms with Crippen molar-refractivity contribution in [1.29, 1.82) is 0 Å². The Morgan fingerprint density at radius 1 is 1.19 bits per heavy atom. The summed E-state index contributed by atoms with van der Waals surface area (Å²) in [7, 11) is 0. The third kappa shape index (κ3) is 4.96. The summed E-state index contributed by atoms with van der Waals surface area (Å²) in [6.45, 7) is 4.59. The van der Waals surface area contributed by atoms with Crippen LogP contribution in [-0.2, 0) is 4.79 Å². The molecule has 11 heteroatoms. The van der Waals surface area contributed by atoms with Crippen molar-refractivity contribution in [3.63, 3.8) is 0 Å². The first-order valence-corrected chi connectivity index (χ1v) is 12.3. The van der Waals surface area contributed by atoms with Crippen LogP contribution in [0.1, 0.15) is 25.7 Å². The average molecular weight is 507 g/mol. The maximum Gasteiger partial charge on any atom is 0.227 e. The molecule has 1 amide bonds. The second-order valence-corrected chi connectivity index (χ2v) is 9.05. The van der Waals surface area contributed by atoms with E-state index in [1.807, 2.05) is 31.2 Å². The molecular weight excluding hydrogens is 483 g/mol. The molecule has 0 atom stereocenters. The number of anilines is 2. The zero-order chi connectivity index (χ0) is 25.1. The number of carbonyl (C=O) groups excluding carboxylic acids is 1. The molecule has 36 heavy (non-hydrogen) atoms. The van der Waals surface area contributed by atoms with E-state index in [-0.39, 0.29) is 17.8 Å². The van der Waals surface area contributed by atoms with E-state index in [2.05, 4.69) is 30.7 Å². The van der Waals surface area contributed by atoms with Crippen molar-refractivity contribution in [2.45, 2.75) is 26.7 Å². The quantitative estimate of drug-likeness (QED) is 0.267. The standard InChI is InChI=1S/C25H23FN6O3S/c1-3-12-34-19-7-6-18(26)21-22(19)36-25(31-21)30-20(33)9-11-28-24-17-13-16(23-29-14(2)35-32-23)5-4-15(17)8-10-27-24/h4-8,10,13H,3,9,11-12H2,1-2H3,(H,27,28)(H,30,31,33). The van der Waals surface area contributed by atoms with E-state index in [4.69, 9.17) is 9.26 Å². The molecule has 3 aromatic heterocycles. The van der Waals surface area contributed by atoms with Crippen LogP contribution < -0.4 is 15.4 Å². The molecule has 5 aromatic rings. The molecule has 9 nitrogen and oxygen atoms in total. The van der Waals surface area contributed by atoms with Crippen molar-refractivity contribution in [2.75, 3.05) is 23.8 Å². The van der Waals surface area contributed by atoms with Gasteiger partial charge in [0.1, 0.15) is 21.8 Å². The van der Waals surface area contributed by atoms with Crippen molar-refractivity contribution in [3.05, 3.63) is 54.3 Å². The van der Waals surface area contributed by atoms with Crippen molar-refractivity contribution >= 4 is 49.2 Å². The number of carbonyl (C=O) groups is 1. The number of nitrogens with one attached hydrogen (secondary N) is 2. The fraction of sp³-hybridized carbons (Fsp3) is 0.240. The molecule has 0 aliphatic heterocycles. The lowest BCUT2D eigenvalue weighted by atomic mass is 10.1. The summed E-state index contributed by atoms with van der Waals surface area (Å²) in [6.07, 6.45) is 2.70. The van der Waals surface area contributed by atoms with Crippen molar-refractivity contribution in [2.24, 2.45) is 0 Å². The summed E-state index contributed by atoms with van der Waals surface area (Å²) in [5.74, 6) is 1.48. The van der Waals surface area contributed by atoms with Crippen LogP contribution in [0.3, 0.4) is 0 Å². The summed E-state index contributed by atoms with van der Waals surface area (Å²) < 4.78 is 25.6. The minimum atomic E-state index is -0.454. The van der Waals surface area contributed by atoms with Gasteiger partial charge in [-0.05, 0) is 36.1 Å². The largest absolute Gasteiger partial charge is 0.492 e. The number of amides is 1. The number of pyridine rings is 1. The first-order chi connectivity index (χ1) is 17.5. The number of hydrogen-bond donors (Lipinski definition) is 2. The number of rotatable bonds is 9. The molecule has 0 radical (unpaired) electrons. The van der Waals surface area contributed by atoms with Gasteiger partial charge >= 0.3 is 0 Å². The first-order valence-electron chi connectivity index (χ1n) is 11.5. The second-order valence-electron chi connectivity index (χ2n) is 8.05. The monoisotopic (exact) mass is 506 g/mol. The van der Waals surface area contributed by atoms with E-state index >= 15 is 0 Å². The smallest absolute Gasteiger partial charge is 0.227 e. The number of ether oxygens (including phenoxy) is 1. The molecule has 0 fully saturated rings. The Kier molecular flexibility index (Phi) is 6.72. The maximum atomic E-state index is 14.2. The molecule has 184 valence electrons. The van der Waals surface area contributed by atoms with E-state index in [0.29, 0.717) is 46.3 Å². The second kappa shape index (κ2) is 10.2. The van der Waals surface area contributed by atoms with Crippen LogP contribution in [0.5, 0.6) is 5.75 Å². The first kappa shape index (κ1) is 23.6. The number of fused-ring (bicyclic) bond motifs is 2. The molecule has 0 spiro atoms. The number of thiazole rings is 1. The van der Waals surface area contributed by atoms with Crippen molar-refractivity contribution in [3.8, 4) is 17.1 Å². The van der Waals surface area contributed by atoms with Gasteiger partial charge < -0.3 is 19.9 Å². The van der Waals surface area contributed by atoms with Gasteiger partial charge in [-0.25, -0.2) is 14.4 Å². The summed E-state index contributed by atoms with van der Waals surface area (Å²) in [4.78, 5) is 25.5. The number of nitrogens with zero attached hydrogens (tertiary/aromatic N) is 4. The van der Waals surface area contributed by atoms with Crippen LogP contribution in [0.2, 0.25) is 0 Å². The van der Waals surface area contributed by atoms with Crippen LogP contribution in [-0.4, -0.2) is 39.2 Å². The molecule has 2 N–H and O–H groups in total. The van der Waals surface area contributed by atoms with E-state index in [0.717, 1.165) is 22.8 Å². The van der Waals surface area contributed by atoms with Gasteiger partial charge in [0.2, 0.25) is 17.6 Å². The lowest BCUT2D eigenvalue weighted by Gasteiger charge is -2.09. The highest BCUT2D eigenvalue weighted by Crippen LogP contribution is 2.35. The van der Waals surface area contributed by atoms with Crippen LogP contribution in [0.25, 0.3) is 32.4 Å². The van der Waals surface area contributed by atoms with E-state index in [9.17, 15) is 9.18 Å². The van der Waals surface area contributed by atoms with Gasteiger partial charge in [0.05, 0.1) is 6.61 Å². The predicted molar refractivity (Wildman–Crippen MR) is 137 cm³/mol. The lowest BCUT2D eigenvalue weighted by Crippen LogP contribution is -2.16. The molecule has 5 rings (SSSR count). The summed E-state index contributed by atoms with van der Waals surface area (Å²) >= 11 is 1.19. The van der Waals surface area contributed by atoms with Gasteiger partial charge in [0.25, 0.3) is 0 Å². The third-order valence-electron chi connectivity index (χ3n) is 5.36. The lowest BCUT2D eigenvalue weighted by molar-refractivity contribution is -0.115. The van der Waals surface area contributed by atoms with Crippen LogP contribution >= 0.6 is 11.3 Å². The normalized spacial score (nSPS) is 11.2. The molecule has 0 aliphatic rings. The van der Waals surface area contributed by atoms with Gasteiger partial charge in [-0.2, -0.15) is 4.98 Å². The Balaban J connectivity index is 1.26. The Morgan fingerprint density at radius 2 is 2.08 bits per heavy atom. The van der Waals surface area contributed by atoms with E-state index < -0.39 is 5.82 Å². The fourth-order valence-corrected chi connectivity index (χ4v) is 4.64. The zero-order valence-electron chi connectivity index (χ0n) is 19.7. The molecule has 0 saturated carbocycles. The Morgan fingerprint density at radius 3 is 2.89 bits per heavy atom. The summed E-state index contributed by atoms with van der Waals surface area (Å²) in [5, 5.41) is 12.1. The highest BCUT2D eigenvalue weighted by molar-refractivity contribution is 7.22. The van der Waals surface area contributed by atoms with Crippen LogP contribution in [0.15, 0.2) is 47.1 Å². The van der Waals surface area contributed by atoms with Gasteiger partial charge in [0, 0.05) is 37.0 Å². The Hall–Kier alpha value is -4.12. The molecule has 3 heterocycles. The summed E-state index contributed by atoms with van der Waals surface area (Å²) in [6, 6.07) is 10.6. The maximum absolute atomic E-state index is 14.2. The predicted octanol–water partition coefficient (Wildman–Crippen LogP) is 5.57. The van der Waals surface area contributed by atoms with Gasteiger partial charge in [-0.1, -0.05) is 35.5 Å². The number of halogens is 1. The van der Waals surface area contributed by atoms with E-state index in [1.54, 1.807) is 19.2 Å². The SMILES string of the molecule is CCCOc1ccc(F)c2nc(NC(=O)CCNc3nccc4ccc(-c5noc(C)n5)cc34)sc12. The molecule has 0 aliphatic carbocycles. The summed E-state index contributed by atoms with van der Waals surface area (Å²) in [5.41, 5.74) is 0.994. The molecular formula is C25H23FN6O3S. The van der Waals surface area contributed by atoms with Crippen molar-refractivity contribution in [1.82, 2.24) is 20.1 Å². The molecule has 0 saturated heterocycles. The minimum absolute atomic E-state index is 0.166. The van der Waals surface area contributed by atoms with Crippen molar-refractivity contribution < 1.29 is 18.4 Å². The molecule has 0 bridgehead atoms. The van der Waals surface area contributed by atoms with Gasteiger partial charge in [0.15, 0.2) is 10.9 Å². The average Bonchev–Trinajstić information content (AvgIpc) is 3.50. The highest BCUT2D eigenvalue weighted by atomic mass is 32.1. The van der Waals surface area contributed by atoms with Gasteiger partial charge in [-0.15, -0.1) is 0 Å². The van der Waals surface area contributed by atoms with Gasteiger partial charge in [-0.3, -0.25) is 4.79 Å². The zero-order valence-corrected chi connectivity index (χ0v) is 20.5. The van der Waals surface area contributed by atoms with Crippen LogP contribution in [0, 0.1) is 12.7 Å². The number of aryl methyl sites for hydroxylation is 1. The molecule has 0 unspecified atom stereocenters. The number of benzene rings is 2. The Labute approximate surface area is 209 Å². The number of aromatic nitrogens is 4. The minimum Gasteiger partial charge on any atom is -0.492 e.